The van der Waals surface area contributed by atoms with Gasteiger partial charge in [-0.1, -0.05) is 0 Å². The van der Waals surface area contributed by atoms with Crippen molar-refractivity contribution in [2.45, 2.75) is 26.2 Å². The van der Waals surface area contributed by atoms with E-state index in [9.17, 15) is 9.59 Å². The number of amides is 1. The highest BCUT2D eigenvalue weighted by Crippen LogP contribution is 2.23. The van der Waals surface area contributed by atoms with Crippen molar-refractivity contribution in [2.24, 2.45) is 0 Å². The van der Waals surface area contributed by atoms with E-state index in [-0.39, 0.29) is 11.5 Å². The molecule has 5 nitrogen and oxygen atoms in total. The number of carbonyl (C=O) groups is 2. The molecule has 0 unspecified atom stereocenters. The number of rotatable bonds is 4. The second kappa shape index (κ2) is 7.38. The number of carboxylic acid groups (broad SMARTS) is 1. The number of likely N-dealkylation sites (tertiary alicyclic amines) is 1. The first-order valence-electron chi connectivity index (χ1n) is 8.55. The Hall–Kier alpha value is -2.82. The van der Waals surface area contributed by atoms with E-state index in [1.165, 1.54) is 6.42 Å². The topological polar surface area (TPSA) is 69.6 Å². The lowest BCUT2D eigenvalue weighted by Crippen LogP contribution is -2.35. The van der Waals surface area contributed by atoms with Crippen LogP contribution < -0.4 is 5.32 Å². The molecule has 0 radical (unpaired) electrons. The van der Waals surface area contributed by atoms with Crippen molar-refractivity contribution in [3.8, 4) is 0 Å². The first-order valence-corrected chi connectivity index (χ1v) is 8.55. The molecule has 130 valence electrons. The molecule has 0 saturated carbocycles. The van der Waals surface area contributed by atoms with Crippen LogP contribution in [0, 0.1) is 6.92 Å². The zero-order valence-electron chi connectivity index (χ0n) is 14.3. The van der Waals surface area contributed by atoms with E-state index in [1.54, 1.807) is 24.3 Å². The number of hydrogen-bond acceptors (Lipinski definition) is 3. The highest BCUT2D eigenvalue weighted by Gasteiger charge is 2.18. The van der Waals surface area contributed by atoms with Crippen LogP contribution in [0.25, 0.3) is 0 Å². The molecule has 3 rings (SSSR count). The Balaban J connectivity index is 1.73. The smallest absolute Gasteiger partial charge is 0.335 e. The number of aromatic carboxylic acids is 1. The third-order valence-corrected chi connectivity index (χ3v) is 4.53. The maximum Gasteiger partial charge on any atom is 0.335 e. The van der Waals surface area contributed by atoms with E-state index in [0.29, 0.717) is 5.56 Å². The van der Waals surface area contributed by atoms with Gasteiger partial charge in [0.1, 0.15) is 0 Å². The van der Waals surface area contributed by atoms with Crippen LogP contribution in [0.15, 0.2) is 42.5 Å². The molecule has 1 heterocycles. The molecule has 1 fully saturated rings. The van der Waals surface area contributed by atoms with Crippen LogP contribution in [0.4, 0.5) is 11.4 Å². The maximum atomic E-state index is 12.6. The molecule has 25 heavy (non-hydrogen) atoms. The normalized spacial score (nSPS) is 14.2. The number of anilines is 2. The van der Waals surface area contributed by atoms with Crippen LogP contribution in [0.2, 0.25) is 0 Å². The first-order chi connectivity index (χ1) is 12.0. The second-order valence-electron chi connectivity index (χ2n) is 6.39. The average molecular weight is 338 g/mol. The van der Waals surface area contributed by atoms with Crippen LogP contribution in [-0.4, -0.2) is 35.0 Å². The zero-order valence-corrected chi connectivity index (χ0v) is 14.3. The fraction of sp³-hybridized carbons (Fsp3) is 0.300. The van der Waals surface area contributed by atoms with Gasteiger partial charge in [-0.3, -0.25) is 4.79 Å². The van der Waals surface area contributed by atoms with Gasteiger partial charge in [0.15, 0.2) is 0 Å². The summed E-state index contributed by atoms with van der Waals surface area (Å²) in [5.41, 5.74) is 3.66. The summed E-state index contributed by atoms with van der Waals surface area (Å²) in [5, 5.41) is 12.2. The predicted molar refractivity (Wildman–Crippen MR) is 97.6 cm³/mol. The third-order valence-electron chi connectivity index (χ3n) is 4.53. The van der Waals surface area contributed by atoms with E-state index in [2.05, 4.69) is 5.32 Å². The number of nitrogens with one attached hydrogen (secondary N) is 1. The molecule has 1 amide bonds. The van der Waals surface area contributed by atoms with Crippen molar-refractivity contribution < 1.29 is 14.7 Å². The number of piperidine rings is 1. The Morgan fingerprint density at radius 1 is 0.960 bits per heavy atom. The SMILES string of the molecule is Cc1cc(C(=O)N2CCCCC2)ccc1Nc1ccc(C(=O)O)cc1. The average Bonchev–Trinajstić information content (AvgIpc) is 2.64. The van der Waals surface area contributed by atoms with Gasteiger partial charge >= 0.3 is 5.97 Å². The fourth-order valence-electron chi connectivity index (χ4n) is 3.07. The Morgan fingerprint density at radius 3 is 2.20 bits per heavy atom. The first kappa shape index (κ1) is 17.0. The Labute approximate surface area is 147 Å². The number of hydrogen-bond donors (Lipinski definition) is 2. The summed E-state index contributed by atoms with van der Waals surface area (Å²) >= 11 is 0. The standard InChI is InChI=1S/C20H22N2O3/c1-14-13-16(19(23)22-11-3-2-4-12-22)7-10-18(14)21-17-8-5-15(6-9-17)20(24)25/h5-10,13,21H,2-4,11-12H2,1H3,(H,24,25). The molecular formula is C20H22N2O3. The maximum absolute atomic E-state index is 12.6. The van der Waals surface area contributed by atoms with Gasteiger partial charge in [0.2, 0.25) is 0 Å². The molecule has 0 spiro atoms. The Kier molecular flexibility index (Phi) is 5.03. The van der Waals surface area contributed by atoms with Gasteiger partial charge < -0.3 is 15.3 Å². The summed E-state index contributed by atoms with van der Waals surface area (Å²) in [6.45, 7) is 3.64. The zero-order chi connectivity index (χ0) is 17.8. The molecule has 0 aliphatic carbocycles. The molecule has 0 bridgehead atoms. The van der Waals surface area contributed by atoms with Gasteiger partial charge in [-0.25, -0.2) is 4.79 Å². The monoisotopic (exact) mass is 338 g/mol. The van der Waals surface area contributed by atoms with Crippen molar-refractivity contribution in [3.05, 3.63) is 59.2 Å². The van der Waals surface area contributed by atoms with E-state index in [1.807, 2.05) is 30.0 Å². The number of nitrogens with zero attached hydrogens (tertiary/aromatic N) is 1. The number of benzene rings is 2. The highest BCUT2D eigenvalue weighted by atomic mass is 16.4. The lowest BCUT2D eigenvalue weighted by Gasteiger charge is -2.27. The number of aryl methyl sites for hydroxylation is 1. The number of carbonyl (C=O) groups excluding carboxylic acids is 1. The fourth-order valence-corrected chi connectivity index (χ4v) is 3.07. The molecular weight excluding hydrogens is 316 g/mol. The minimum Gasteiger partial charge on any atom is -0.478 e. The molecule has 2 aromatic rings. The van der Waals surface area contributed by atoms with Gasteiger partial charge in [-0.15, -0.1) is 0 Å². The quantitative estimate of drug-likeness (QED) is 0.882. The second-order valence-corrected chi connectivity index (χ2v) is 6.39. The van der Waals surface area contributed by atoms with Gasteiger partial charge in [0.25, 0.3) is 5.91 Å². The van der Waals surface area contributed by atoms with Gasteiger partial charge in [0.05, 0.1) is 5.56 Å². The summed E-state index contributed by atoms with van der Waals surface area (Å²) in [6.07, 6.45) is 3.36. The molecule has 5 heteroatoms. The van der Waals surface area contributed by atoms with E-state index < -0.39 is 5.97 Å². The molecule has 0 aromatic heterocycles. The predicted octanol–water partition coefficient (Wildman–Crippen LogP) is 4.06. The van der Waals surface area contributed by atoms with Crippen LogP contribution in [-0.2, 0) is 0 Å². The molecule has 1 aliphatic rings. The summed E-state index contributed by atoms with van der Waals surface area (Å²) in [5.74, 6) is -0.844. The highest BCUT2D eigenvalue weighted by molar-refractivity contribution is 5.95. The van der Waals surface area contributed by atoms with Crippen molar-refractivity contribution in [1.29, 1.82) is 0 Å². The minimum absolute atomic E-state index is 0.0974. The van der Waals surface area contributed by atoms with Crippen molar-refractivity contribution in [1.82, 2.24) is 4.90 Å². The summed E-state index contributed by atoms with van der Waals surface area (Å²) in [7, 11) is 0. The van der Waals surface area contributed by atoms with Crippen molar-refractivity contribution >= 4 is 23.3 Å². The van der Waals surface area contributed by atoms with Crippen LogP contribution in [0.1, 0.15) is 45.5 Å². The van der Waals surface area contributed by atoms with E-state index in [0.717, 1.165) is 42.9 Å². The van der Waals surface area contributed by atoms with Crippen LogP contribution in [0.5, 0.6) is 0 Å². The summed E-state index contributed by atoms with van der Waals surface area (Å²) in [6, 6.07) is 12.2. The van der Waals surface area contributed by atoms with Crippen LogP contribution >= 0.6 is 0 Å². The van der Waals surface area contributed by atoms with Gasteiger partial charge in [-0.2, -0.15) is 0 Å². The lowest BCUT2D eigenvalue weighted by molar-refractivity contribution is 0.0694. The van der Waals surface area contributed by atoms with E-state index >= 15 is 0 Å². The van der Waals surface area contributed by atoms with E-state index in [4.69, 9.17) is 5.11 Å². The largest absolute Gasteiger partial charge is 0.478 e. The van der Waals surface area contributed by atoms with Crippen LogP contribution in [0.3, 0.4) is 0 Å². The Morgan fingerprint density at radius 2 is 1.60 bits per heavy atom. The molecule has 2 N–H and O–H groups in total. The molecule has 1 aliphatic heterocycles. The van der Waals surface area contributed by atoms with Crippen molar-refractivity contribution in [2.75, 3.05) is 18.4 Å². The lowest BCUT2D eigenvalue weighted by atomic mass is 10.1. The summed E-state index contributed by atoms with van der Waals surface area (Å²) in [4.78, 5) is 25.4. The summed E-state index contributed by atoms with van der Waals surface area (Å²) < 4.78 is 0. The van der Waals surface area contributed by atoms with Crippen molar-refractivity contribution in [3.63, 3.8) is 0 Å². The molecule has 1 saturated heterocycles. The van der Waals surface area contributed by atoms with Gasteiger partial charge in [-0.05, 0) is 74.2 Å². The molecule has 0 atom stereocenters. The third kappa shape index (κ3) is 3.99. The molecule has 2 aromatic carbocycles. The number of carboxylic acids is 1. The van der Waals surface area contributed by atoms with Gasteiger partial charge in [0, 0.05) is 30.0 Å². The Bertz CT molecular complexity index is 778. The minimum atomic E-state index is -0.941.